The smallest absolute Gasteiger partial charge is 0.161 e. The Morgan fingerprint density at radius 2 is 0.902 bits per heavy atom. The van der Waals surface area contributed by atoms with E-state index < -0.39 is 0 Å². The largest absolute Gasteiger partial charge is 0.504 e. The van der Waals surface area contributed by atoms with Crippen molar-refractivity contribution in [3.05, 3.63) is 46.5 Å². The highest BCUT2D eigenvalue weighted by Crippen LogP contribution is 2.64. The molecule has 0 unspecified atom stereocenters. The average Bonchev–Trinajstić information content (AvgIpc) is 3.26. The molecule has 1 spiro atoms. The number of rotatable bonds is 16. The van der Waals surface area contributed by atoms with Crippen LogP contribution in [0.1, 0.15) is 76.6 Å². The van der Waals surface area contributed by atoms with Crippen molar-refractivity contribution in [3.8, 4) is 23.0 Å². The topological polar surface area (TPSA) is 95.8 Å². The van der Waals surface area contributed by atoms with Crippen molar-refractivity contribution >= 4 is 0 Å². The van der Waals surface area contributed by atoms with Crippen molar-refractivity contribution in [3.63, 3.8) is 0 Å². The molecule has 0 saturated carbocycles. The fourth-order valence-corrected chi connectivity index (χ4v) is 6.72. The zero-order chi connectivity index (χ0) is 29.7. The molecular weight excluding hydrogens is 524 g/mol. The van der Waals surface area contributed by atoms with Gasteiger partial charge in [0.15, 0.2) is 23.0 Å². The molecule has 228 valence electrons. The summed E-state index contributed by atoms with van der Waals surface area (Å²) >= 11 is 0. The Morgan fingerprint density at radius 1 is 0.537 bits per heavy atom. The molecule has 0 bridgehead atoms. The summed E-state index contributed by atoms with van der Waals surface area (Å²) in [6.07, 6.45) is 1.73. The lowest BCUT2D eigenvalue weighted by molar-refractivity contribution is 0.0401. The first-order chi connectivity index (χ1) is 19.6. The standard InChI is InChI=1S/C33H48O8/c1-7-36-9-11-38-13-15-40-29-19-23-25(17-27(29)34)33(21-31(23,3)4)22-32(5,6)24-20-30(28(35)18-26(24)33)41-16-14-39-12-10-37-8-2/h17-20,34-35H,7-16,21-22H2,1-6H3. The molecule has 0 saturated heterocycles. The molecule has 2 aromatic carbocycles. The maximum atomic E-state index is 11.1. The summed E-state index contributed by atoms with van der Waals surface area (Å²) in [6.45, 7) is 17.9. The van der Waals surface area contributed by atoms with Crippen LogP contribution in [-0.2, 0) is 35.2 Å². The van der Waals surface area contributed by atoms with E-state index in [1.807, 2.05) is 38.1 Å². The summed E-state index contributed by atoms with van der Waals surface area (Å²) in [7, 11) is 0. The van der Waals surface area contributed by atoms with E-state index in [1.54, 1.807) is 0 Å². The van der Waals surface area contributed by atoms with Gasteiger partial charge in [0.05, 0.1) is 39.6 Å². The molecule has 0 heterocycles. The van der Waals surface area contributed by atoms with Crippen LogP contribution in [-0.4, -0.2) is 76.3 Å². The van der Waals surface area contributed by atoms with Crippen molar-refractivity contribution in [2.24, 2.45) is 0 Å². The van der Waals surface area contributed by atoms with Crippen LogP contribution in [0, 0.1) is 0 Å². The monoisotopic (exact) mass is 572 g/mol. The van der Waals surface area contributed by atoms with E-state index in [1.165, 1.54) is 0 Å². The zero-order valence-electron chi connectivity index (χ0n) is 25.6. The normalized spacial score (nSPS) is 17.5. The predicted molar refractivity (Wildman–Crippen MR) is 158 cm³/mol. The molecule has 0 aromatic heterocycles. The Bertz CT molecular complexity index is 1080. The van der Waals surface area contributed by atoms with Crippen molar-refractivity contribution in [1.29, 1.82) is 0 Å². The van der Waals surface area contributed by atoms with Crippen LogP contribution in [0.5, 0.6) is 23.0 Å². The van der Waals surface area contributed by atoms with E-state index in [9.17, 15) is 10.2 Å². The molecule has 0 atom stereocenters. The zero-order valence-corrected chi connectivity index (χ0v) is 25.6. The van der Waals surface area contributed by atoms with E-state index in [-0.39, 0.29) is 27.7 Å². The molecule has 4 rings (SSSR count). The van der Waals surface area contributed by atoms with Gasteiger partial charge in [-0.2, -0.15) is 0 Å². The summed E-state index contributed by atoms with van der Waals surface area (Å²) in [6, 6.07) is 7.74. The van der Waals surface area contributed by atoms with E-state index in [0.29, 0.717) is 77.6 Å². The Labute approximate surface area is 244 Å². The number of hydrogen-bond donors (Lipinski definition) is 2. The molecular formula is C33H48O8. The maximum Gasteiger partial charge on any atom is 0.161 e. The van der Waals surface area contributed by atoms with Crippen LogP contribution < -0.4 is 9.47 Å². The van der Waals surface area contributed by atoms with Gasteiger partial charge in [0.1, 0.15) is 13.2 Å². The number of phenolic OH excluding ortho intramolecular Hbond substituents is 2. The van der Waals surface area contributed by atoms with Gasteiger partial charge >= 0.3 is 0 Å². The Hall–Kier alpha value is -2.52. The van der Waals surface area contributed by atoms with Gasteiger partial charge in [-0.05, 0) is 84.0 Å². The van der Waals surface area contributed by atoms with Crippen molar-refractivity contribution in [2.45, 2.75) is 70.6 Å². The highest BCUT2D eigenvalue weighted by Gasteiger charge is 2.57. The van der Waals surface area contributed by atoms with Crippen LogP contribution in [0.4, 0.5) is 0 Å². The van der Waals surface area contributed by atoms with E-state index in [0.717, 1.165) is 35.1 Å². The van der Waals surface area contributed by atoms with Crippen LogP contribution in [0.3, 0.4) is 0 Å². The fraction of sp³-hybridized carbons (Fsp3) is 0.636. The first kappa shape index (κ1) is 31.4. The lowest BCUT2D eigenvalue weighted by Gasteiger charge is -2.30. The van der Waals surface area contributed by atoms with Crippen molar-refractivity contribution in [1.82, 2.24) is 0 Å². The van der Waals surface area contributed by atoms with Crippen LogP contribution >= 0.6 is 0 Å². The molecule has 0 aliphatic heterocycles. The summed E-state index contributed by atoms with van der Waals surface area (Å²) in [5.74, 6) is 1.18. The van der Waals surface area contributed by atoms with Crippen molar-refractivity contribution in [2.75, 3.05) is 66.1 Å². The number of benzene rings is 2. The molecule has 0 amide bonds. The molecule has 2 aliphatic carbocycles. The molecule has 0 radical (unpaired) electrons. The number of ether oxygens (including phenoxy) is 6. The summed E-state index contributed by atoms with van der Waals surface area (Å²) < 4.78 is 33.6. The fourth-order valence-electron chi connectivity index (χ4n) is 6.72. The third kappa shape index (κ3) is 6.77. The second kappa shape index (κ2) is 13.2. The van der Waals surface area contributed by atoms with Crippen LogP contribution in [0.15, 0.2) is 24.3 Å². The van der Waals surface area contributed by atoms with Gasteiger partial charge in [0.2, 0.25) is 0 Å². The van der Waals surface area contributed by atoms with Crippen LogP contribution in [0.2, 0.25) is 0 Å². The first-order valence-corrected chi connectivity index (χ1v) is 14.9. The first-order valence-electron chi connectivity index (χ1n) is 14.9. The Kier molecular flexibility index (Phi) is 10.1. The minimum absolute atomic E-state index is 0.120. The number of hydrogen-bond acceptors (Lipinski definition) is 8. The molecule has 8 nitrogen and oxygen atoms in total. The second-order valence-electron chi connectivity index (χ2n) is 12.2. The van der Waals surface area contributed by atoms with Gasteiger partial charge in [-0.1, -0.05) is 27.7 Å². The van der Waals surface area contributed by atoms with E-state index in [4.69, 9.17) is 28.4 Å². The number of aromatic hydroxyl groups is 2. The van der Waals surface area contributed by atoms with Gasteiger partial charge in [0.25, 0.3) is 0 Å². The third-order valence-electron chi connectivity index (χ3n) is 8.30. The van der Waals surface area contributed by atoms with E-state index >= 15 is 0 Å². The SMILES string of the molecule is CCOCCOCCOc1cc2c(cc1O)C1(CC2(C)C)CC(C)(C)c2cc(OCCOCCOCC)c(O)cc21. The molecule has 2 aromatic rings. The highest BCUT2D eigenvalue weighted by atomic mass is 16.6. The van der Waals surface area contributed by atoms with Crippen LogP contribution in [0.25, 0.3) is 0 Å². The molecule has 8 heteroatoms. The van der Waals surface area contributed by atoms with Crippen molar-refractivity contribution < 1.29 is 38.6 Å². The van der Waals surface area contributed by atoms with Gasteiger partial charge in [0, 0.05) is 18.6 Å². The summed E-state index contributed by atoms with van der Waals surface area (Å²) in [5.41, 5.74) is 3.87. The lowest BCUT2D eigenvalue weighted by atomic mass is 9.72. The number of phenols is 2. The number of fused-ring (bicyclic) bond motifs is 4. The summed E-state index contributed by atoms with van der Waals surface area (Å²) in [4.78, 5) is 0. The Morgan fingerprint density at radius 3 is 1.29 bits per heavy atom. The van der Waals surface area contributed by atoms with Gasteiger partial charge in [-0.3, -0.25) is 0 Å². The Balaban J connectivity index is 1.54. The average molecular weight is 573 g/mol. The van der Waals surface area contributed by atoms with E-state index in [2.05, 4.69) is 27.7 Å². The van der Waals surface area contributed by atoms with Gasteiger partial charge in [-0.25, -0.2) is 0 Å². The van der Waals surface area contributed by atoms with Gasteiger partial charge < -0.3 is 38.6 Å². The van der Waals surface area contributed by atoms with Gasteiger partial charge in [-0.15, -0.1) is 0 Å². The molecule has 0 fully saturated rings. The molecule has 2 N–H and O–H groups in total. The third-order valence-corrected chi connectivity index (χ3v) is 8.30. The minimum atomic E-state index is -0.339. The minimum Gasteiger partial charge on any atom is -0.504 e. The lowest BCUT2D eigenvalue weighted by Crippen LogP contribution is -2.26. The molecule has 2 aliphatic rings. The quantitative estimate of drug-likeness (QED) is 0.251. The maximum absolute atomic E-state index is 11.1. The predicted octanol–water partition coefficient (Wildman–Crippen LogP) is 5.61. The second-order valence-corrected chi connectivity index (χ2v) is 12.2. The summed E-state index contributed by atoms with van der Waals surface area (Å²) in [5, 5.41) is 22.1. The molecule has 41 heavy (non-hydrogen) atoms. The highest BCUT2D eigenvalue weighted by molar-refractivity contribution is 5.65.